The van der Waals surface area contributed by atoms with E-state index in [0.29, 0.717) is 6.04 Å². The van der Waals surface area contributed by atoms with Gasteiger partial charge in [0.1, 0.15) is 0 Å². The lowest BCUT2D eigenvalue weighted by Gasteiger charge is -2.40. The molecule has 2 rings (SSSR count). The third kappa shape index (κ3) is 4.99. The highest BCUT2D eigenvalue weighted by molar-refractivity contribution is 4.83. The minimum Gasteiger partial charge on any atom is -0.317 e. The van der Waals surface area contributed by atoms with E-state index < -0.39 is 0 Å². The first-order valence-corrected chi connectivity index (χ1v) is 8.53. The zero-order chi connectivity index (χ0) is 14.4. The van der Waals surface area contributed by atoms with E-state index in [4.69, 9.17) is 0 Å². The molecule has 2 unspecified atom stereocenters. The summed E-state index contributed by atoms with van der Waals surface area (Å²) in [6, 6.07) is 1.42. The van der Waals surface area contributed by atoms with Gasteiger partial charge in [-0.15, -0.1) is 0 Å². The van der Waals surface area contributed by atoms with Crippen molar-refractivity contribution in [3.63, 3.8) is 0 Å². The molecule has 0 amide bonds. The first-order chi connectivity index (χ1) is 9.66. The minimum atomic E-state index is 0.694. The van der Waals surface area contributed by atoms with Crippen LogP contribution in [0.15, 0.2) is 0 Å². The van der Waals surface area contributed by atoms with Crippen molar-refractivity contribution in [1.29, 1.82) is 0 Å². The third-order valence-electron chi connectivity index (χ3n) is 4.97. The largest absolute Gasteiger partial charge is 0.317 e. The molecule has 20 heavy (non-hydrogen) atoms. The topological polar surface area (TPSA) is 30.5 Å². The fourth-order valence-corrected chi connectivity index (χ4v) is 3.45. The zero-order valence-corrected chi connectivity index (χ0v) is 13.7. The van der Waals surface area contributed by atoms with Gasteiger partial charge in [-0.3, -0.25) is 4.90 Å². The van der Waals surface area contributed by atoms with Crippen molar-refractivity contribution >= 4 is 0 Å². The Morgan fingerprint density at radius 1 is 1.10 bits per heavy atom. The summed E-state index contributed by atoms with van der Waals surface area (Å²) in [5, 5.41) is 7.36. The van der Waals surface area contributed by atoms with Gasteiger partial charge < -0.3 is 15.5 Å². The van der Waals surface area contributed by atoms with Gasteiger partial charge >= 0.3 is 0 Å². The predicted molar refractivity (Wildman–Crippen MR) is 86.2 cm³/mol. The fourth-order valence-electron chi connectivity index (χ4n) is 3.45. The maximum absolute atomic E-state index is 3.86. The van der Waals surface area contributed by atoms with Crippen LogP contribution < -0.4 is 10.6 Å². The van der Waals surface area contributed by atoms with Crippen molar-refractivity contribution in [1.82, 2.24) is 20.4 Å². The molecular formula is C16H34N4. The Morgan fingerprint density at radius 2 is 1.85 bits per heavy atom. The van der Waals surface area contributed by atoms with Crippen LogP contribution in [0.2, 0.25) is 0 Å². The van der Waals surface area contributed by atoms with Crippen LogP contribution in [0.3, 0.4) is 0 Å². The lowest BCUT2D eigenvalue weighted by Crippen LogP contribution is -2.54. The van der Waals surface area contributed by atoms with Gasteiger partial charge in [0.05, 0.1) is 0 Å². The molecule has 0 aromatic heterocycles. The monoisotopic (exact) mass is 282 g/mol. The molecule has 2 aliphatic rings. The third-order valence-corrected chi connectivity index (χ3v) is 4.97. The number of nitrogens with zero attached hydrogens (tertiary/aromatic N) is 2. The Labute approximate surface area is 125 Å². The molecule has 118 valence electrons. The quantitative estimate of drug-likeness (QED) is 0.787. The Kier molecular flexibility index (Phi) is 6.75. The van der Waals surface area contributed by atoms with Crippen LogP contribution in [0.4, 0.5) is 0 Å². The van der Waals surface area contributed by atoms with Gasteiger partial charge in [-0.25, -0.2) is 0 Å². The van der Waals surface area contributed by atoms with E-state index >= 15 is 0 Å². The summed E-state index contributed by atoms with van der Waals surface area (Å²) in [7, 11) is 2.23. The number of rotatable bonds is 5. The maximum Gasteiger partial charge on any atom is 0.0244 e. The van der Waals surface area contributed by atoms with Crippen molar-refractivity contribution < 1.29 is 0 Å². The summed E-state index contributed by atoms with van der Waals surface area (Å²) in [5.74, 6) is 0.731. The number of likely N-dealkylation sites (N-methyl/N-ethyl adjacent to an activating group) is 1. The normalized spacial score (nSPS) is 28.5. The van der Waals surface area contributed by atoms with E-state index in [1.807, 2.05) is 0 Å². The molecule has 0 aromatic rings. The molecule has 0 radical (unpaired) electrons. The van der Waals surface area contributed by atoms with E-state index in [1.165, 1.54) is 58.5 Å². The molecule has 0 bridgehead atoms. The molecule has 2 aliphatic heterocycles. The maximum atomic E-state index is 3.86. The Balaban J connectivity index is 1.79. The van der Waals surface area contributed by atoms with E-state index in [0.717, 1.165) is 18.5 Å². The van der Waals surface area contributed by atoms with E-state index in [2.05, 4.69) is 41.3 Å². The number of piperazine rings is 1. The predicted octanol–water partition coefficient (Wildman–Crippen LogP) is 0.990. The molecular weight excluding hydrogens is 248 g/mol. The highest BCUT2D eigenvalue weighted by atomic mass is 15.3. The van der Waals surface area contributed by atoms with Crippen molar-refractivity contribution in [2.45, 2.75) is 45.2 Å². The number of hydrogen-bond donors (Lipinski definition) is 2. The van der Waals surface area contributed by atoms with E-state index in [9.17, 15) is 0 Å². The average Bonchev–Trinajstić information content (AvgIpc) is 2.69. The summed E-state index contributed by atoms with van der Waals surface area (Å²) in [5.41, 5.74) is 0. The van der Waals surface area contributed by atoms with Crippen molar-refractivity contribution in [3.05, 3.63) is 0 Å². The molecule has 2 heterocycles. The van der Waals surface area contributed by atoms with E-state index in [1.54, 1.807) is 0 Å². The second kappa shape index (κ2) is 8.32. The molecule has 0 spiro atoms. The smallest absolute Gasteiger partial charge is 0.0244 e. The highest BCUT2D eigenvalue weighted by Crippen LogP contribution is 2.14. The van der Waals surface area contributed by atoms with Crippen LogP contribution in [0.25, 0.3) is 0 Å². The number of nitrogens with one attached hydrogen (secondary N) is 2. The summed E-state index contributed by atoms with van der Waals surface area (Å²) in [6.07, 6.45) is 3.94. The Hall–Kier alpha value is -0.160. The van der Waals surface area contributed by atoms with Gasteiger partial charge in [0, 0.05) is 44.8 Å². The second-order valence-electron chi connectivity index (χ2n) is 6.94. The Morgan fingerprint density at radius 3 is 2.55 bits per heavy atom. The van der Waals surface area contributed by atoms with Crippen molar-refractivity contribution in [2.75, 3.05) is 52.9 Å². The molecule has 0 saturated carbocycles. The molecule has 2 atom stereocenters. The van der Waals surface area contributed by atoms with Crippen molar-refractivity contribution in [3.8, 4) is 0 Å². The minimum absolute atomic E-state index is 0.694. The van der Waals surface area contributed by atoms with Crippen LogP contribution in [-0.2, 0) is 0 Å². The molecule has 0 aromatic carbocycles. The van der Waals surface area contributed by atoms with Crippen molar-refractivity contribution in [2.24, 2.45) is 5.92 Å². The average molecular weight is 282 g/mol. The highest BCUT2D eigenvalue weighted by Gasteiger charge is 2.25. The van der Waals surface area contributed by atoms with Gasteiger partial charge in [0.2, 0.25) is 0 Å². The van der Waals surface area contributed by atoms with Crippen LogP contribution >= 0.6 is 0 Å². The fraction of sp³-hybridized carbons (Fsp3) is 1.00. The summed E-state index contributed by atoms with van der Waals surface area (Å²) < 4.78 is 0. The lowest BCUT2D eigenvalue weighted by atomic mass is 10.00. The summed E-state index contributed by atoms with van der Waals surface area (Å²) in [4.78, 5) is 5.14. The summed E-state index contributed by atoms with van der Waals surface area (Å²) >= 11 is 0. The molecule has 2 fully saturated rings. The van der Waals surface area contributed by atoms with Gasteiger partial charge in [0.25, 0.3) is 0 Å². The molecule has 2 N–H and O–H groups in total. The van der Waals surface area contributed by atoms with Gasteiger partial charge in [-0.05, 0) is 45.3 Å². The Bertz CT molecular complexity index is 253. The first-order valence-electron chi connectivity index (χ1n) is 8.53. The standard InChI is InChI=1S/C16H34N4/c1-14(2)16(20-11-9-19(3)10-12-20)13-18-15-5-4-7-17-8-6-15/h14-18H,4-13H2,1-3H3. The molecule has 4 nitrogen and oxygen atoms in total. The van der Waals surface area contributed by atoms with Gasteiger partial charge in [-0.1, -0.05) is 13.8 Å². The van der Waals surface area contributed by atoms with E-state index in [-0.39, 0.29) is 0 Å². The van der Waals surface area contributed by atoms with Crippen LogP contribution in [0, 0.1) is 5.92 Å². The summed E-state index contributed by atoms with van der Waals surface area (Å²) in [6.45, 7) is 13.2. The molecule has 0 aliphatic carbocycles. The van der Waals surface area contributed by atoms with Gasteiger partial charge in [0.15, 0.2) is 0 Å². The van der Waals surface area contributed by atoms with Crippen LogP contribution in [-0.4, -0.2) is 74.7 Å². The van der Waals surface area contributed by atoms with Crippen LogP contribution in [0.5, 0.6) is 0 Å². The SMILES string of the molecule is CC(C)C(CNC1CCCNCC1)N1CCN(C)CC1. The first kappa shape index (κ1) is 16.2. The lowest BCUT2D eigenvalue weighted by molar-refractivity contribution is 0.0857. The number of hydrogen-bond acceptors (Lipinski definition) is 4. The van der Waals surface area contributed by atoms with Crippen LogP contribution in [0.1, 0.15) is 33.1 Å². The zero-order valence-electron chi connectivity index (χ0n) is 13.7. The molecule has 2 saturated heterocycles. The molecule has 4 heteroatoms. The van der Waals surface area contributed by atoms with Gasteiger partial charge in [-0.2, -0.15) is 0 Å². The second-order valence-corrected chi connectivity index (χ2v) is 6.94.